The second-order valence-corrected chi connectivity index (χ2v) is 2.70. The number of ether oxygens (including phenoxy) is 1. The van der Waals surface area contributed by atoms with E-state index in [1.165, 1.54) is 0 Å². The zero-order chi connectivity index (χ0) is 7.14. The molecule has 2 bridgehead atoms. The lowest BCUT2D eigenvalue weighted by molar-refractivity contribution is -0.142. The van der Waals surface area contributed by atoms with Crippen LogP contribution in [0.1, 0.15) is 6.42 Å². The summed E-state index contributed by atoms with van der Waals surface area (Å²) in [5, 5.41) is 8.62. The lowest BCUT2D eigenvalue weighted by Crippen LogP contribution is -2.22. The van der Waals surface area contributed by atoms with E-state index in [1.807, 2.05) is 12.2 Å². The summed E-state index contributed by atoms with van der Waals surface area (Å²) in [5.41, 5.74) is 0. The van der Waals surface area contributed by atoms with E-state index in [0.29, 0.717) is 6.42 Å². The van der Waals surface area contributed by atoms with Gasteiger partial charge in [-0.25, -0.2) is 0 Å². The van der Waals surface area contributed by atoms with Crippen molar-refractivity contribution in [2.75, 3.05) is 0 Å². The van der Waals surface area contributed by atoms with Crippen molar-refractivity contribution in [1.82, 2.24) is 0 Å². The van der Waals surface area contributed by atoms with E-state index >= 15 is 0 Å². The SMILES string of the molecule is O=C(O)[C@@H]1C[C@H]2C=C[C@H]1O2. The number of carboxylic acids is 1. The number of rotatable bonds is 1. The molecule has 0 saturated carbocycles. The number of carbonyl (C=O) groups is 1. The lowest BCUT2D eigenvalue weighted by atomic mass is 9.95. The minimum atomic E-state index is -0.739. The van der Waals surface area contributed by atoms with Gasteiger partial charge in [0.2, 0.25) is 0 Å². The molecule has 54 valence electrons. The predicted molar refractivity (Wildman–Crippen MR) is 33.5 cm³/mol. The minimum absolute atomic E-state index is 0.0751. The first-order valence-corrected chi connectivity index (χ1v) is 3.34. The maximum atomic E-state index is 10.5. The van der Waals surface area contributed by atoms with Crippen LogP contribution < -0.4 is 0 Å². The number of aliphatic carboxylic acids is 1. The molecule has 0 aromatic heterocycles. The van der Waals surface area contributed by atoms with Gasteiger partial charge in [0.1, 0.15) is 0 Å². The van der Waals surface area contributed by atoms with Gasteiger partial charge < -0.3 is 9.84 Å². The van der Waals surface area contributed by atoms with E-state index in [9.17, 15) is 4.79 Å². The van der Waals surface area contributed by atoms with Gasteiger partial charge in [-0.15, -0.1) is 0 Å². The molecule has 2 aliphatic heterocycles. The van der Waals surface area contributed by atoms with Gasteiger partial charge in [0, 0.05) is 0 Å². The summed E-state index contributed by atoms with van der Waals surface area (Å²) < 4.78 is 5.25. The van der Waals surface area contributed by atoms with Crippen molar-refractivity contribution >= 4 is 5.97 Å². The van der Waals surface area contributed by atoms with Crippen molar-refractivity contribution in [3.05, 3.63) is 12.2 Å². The van der Waals surface area contributed by atoms with Crippen LogP contribution >= 0.6 is 0 Å². The summed E-state index contributed by atoms with van der Waals surface area (Å²) in [7, 11) is 0. The third-order valence-electron chi connectivity index (χ3n) is 2.05. The van der Waals surface area contributed by atoms with Gasteiger partial charge in [-0.3, -0.25) is 4.79 Å². The van der Waals surface area contributed by atoms with E-state index < -0.39 is 5.97 Å². The van der Waals surface area contributed by atoms with Crippen LogP contribution in [-0.4, -0.2) is 23.3 Å². The summed E-state index contributed by atoms with van der Waals surface area (Å²) in [6.45, 7) is 0. The molecule has 0 unspecified atom stereocenters. The molecule has 10 heavy (non-hydrogen) atoms. The first-order valence-electron chi connectivity index (χ1n) is 3.34. The van der Waals surface area contributed by atoms with Crippen LogP contribution in [0.2, 0.25) is 0 Å². The summed E-state index contributed by atoms with van der Waals surface area (Å²) in [4.78, 5) is 10.5. The molecule has 0 radical (unpaired) electrons. The Morgan fingerprint density at radius 3 is 2.70 bits per heavy atom. The lowest BCUT2D eigenvalue weighted by Gasteiger charge is -2.08. The van der Waals surface area contributed by atoms with Crippen LogP contribution in [0.5, 0.6) is 0 Å². The van der Waals surface area contributed by atoms with Crippen LogP contribution in [0.3, 0.4) is 0 Å². The number of hydrogen-bond donors (Lipinski definition) is 1. The molecule has 0 spiro atoms. The maximum absolute atomic E-state index is 10.5. The van der Waals surface area contributed by atoms with Crippen molar-refractivity contribution < 1.29 is 14.6 Å². The molecule has 3 heteroatoms. The molecule has 2 aliphatic rings. The Bertz CT molecular complexity index is 197. The van der Waals surface area contributed by atoms with Crippen LogP contribution in [0, 0.1) is 5.92 Å². The average Bonchev–Trinajstić information content (AvgIpc) is 2.44. The van der Waals surface area contributed by atoms with E-state index in [2.05, 4.69) is 0 Å². The average molecular weight is 140 g/mol. The molecule has 3 nitrogen and oxygen atoms in total. The second-order valence-electron chi connectivity index (χ2n) is 2.70. The highest BCUT2D eigenvalue weighted by Crippen LogP contribution is 2.33. The summed E-state index contributed by atoms with van der Waals surface area (Å²) >= 11 is 0. The van der Waals surface area contributed by atoms with Crippen molar-refractivity contribution in [1.29, 1.82) is 0 Å². The summed E-state index contributed by atoms with van der Waals surface area (Å²) in [6.07, 6.45) is 4.35. The summed E-state index contributed by atoms with van der Waals surface area (Å²) in [6, 6.07) is 0. The predicted octanol–water partition coefficient (Wildman–Crippen LogP) is 0.415. The van der Waals surface area contributed by atoms with E-state index in [1.54, 1.807) is 0 Å². The Morgan fingerprint density at radius 1 is 1.60 bits per heavy atom. The van der Waals surface area contributed by atoms with Crippen molar-refractivity contribution in [2.45, 2.75) is 18.6 Å². The molecule has 0 amide bonds. The highest BCUT2D eigenvalue weighted by atomic mass is 16.5. The van der Waals surface area contributed by atoms with Gasteiger partial charge in [-0.2, -0.15) is 0 Å². The van der Waals surface area contributed by atoms with Crippen LogP contribution in [-0.2, 0) is 9.53 Å². The molecule has 1 fully saturated rings. The largest absolute Gasteiger partial charge is 0.481 e. The third kappa shape index (κ3) is 0.671. The van der Waals surface area contributed by atoms with Crippen molar-refractivity contribution in [3.63, 3.8) is 0 Å². The Kier molecular flexibility index (Phi) is 1.08. The number of fused-ring (bicyclic) bond motifs is 2. The van der Waals surface area contributed by atoms with Gasteiger partial charge in [0.15, 0.2) is 0 Å². The normalized spacial score (nSPS) is 42.6. The molecular weight excluding hydrogens is 132 g/mol. The minimum Gasteiger partial charge on any atom is -0.481 e. The highest BCUT2D eigenvalue weighted by molar-refractivity contribution is 5.72. The smallest absolute Gasteiger partial charge is 0.309 e. The Labute approximate surface area is 58.3 Å². The van der Waals surface area contributed by atoms with Crippen LogP contribution in [0.15, 0.2) is 12.2 Å². The molecule has 2 heterocycles. The van der Waals surface area contributed by atoms with Crippen molar-refractivity contribution in [2.24, 2.45) is 5.92 Å². The Balaban J connectivity index is 2.16. The van der Waals surface area contributed by atoms with Crippen LogP contribution in [0.25, 0.3) is 0 Å². The molecule has 1 N–H and O–H groups in total. The molecule has 2 rings (SSSR count). The fourth-order valence-electron chi connectivity index (χ4n) is 1.51. The molecule has 1 saturated heterocycles. The van der Waals surface area contributed by atoms with E-state index in [4.69, 9.17) is 9.84 Å². The van der Waals surface area contributed by atoms with E-state index in [-0.39, 0.29) is 18.1 Å². The summed E-state index contributed by atoms with van der Waals surface area (Å²) in [5.74, 6) is -1.04. The quantitative estimate of drug-likeness (QED) is 0.537. The zero-order valence-corrected chi connectivity index (χ0v) is 5.36. The zero-order valence-electron chi connectivity index (χ0n) is 5.36. The van der Waals surface area contributed by atoms with E-state index in [0.717, 1.165) is 0 Å². The highest BCUT2D eigenvalue weighted by Gasteiger charge is 2.40. The standard InChI is InChI=1S/C7H8O3/c8-7(9)5-3-4-1-2-6(5)10-4/h1-2,4-6H,3H2,(H,8,9)/t4-,5-,6-/m1/s1. The second kappa shape index (κ2) is 1.83. The maximum Gasteiger partial charge on any atom is 0.309 e. The van der Waals surface area contributed by atoms with Crippen LogP contribution in [0.4, 0.5) is 0 Å². The van der Waals surface area contributed by atoms with Gasteiger partial charge in [-0.05, 0) is 6.42 Å². The number of hydrogen-bond acceptors (Lipinski definition) is 2. The van der Waals surface area contributed by atoms with Gasteiger partial charge >= 0.3 is 5.97 Å². The van der Waals surface area contributed by atoms with Gasteiger partial charge in [-0.1, -0.05) is 12.2 Å². The molecule has 0 aliphatic carbocycles. The monoisotopic (exact) mass is 140 g/mol. The topological polar surface area (TPSA) is 46.5 Å². The first-order chi connectivity index (χ1) is 4.77. The van der Waals surface area contributed by atoms with Crippen molar-refractivity contribution in [3.8, 4) is 0 Å². The fourth-order valence-corrected chi connectivity index (χ4v) is 1.51. The third-order valence-corrected chi connectivity index (χ3v) is 2.05. The molecule has 0 aromatic carbocycles. The Hall–Kier alpha value is -0.830. The Morgan fingerprint density at radius 2 is 2.40 bits per heavy atom. The number of carboxylic acid groups (broad SMARTS) is 1. The molecular formula is C7H8O3. The fraction of sp³-hybridized carbons (Fsp3) is 0.571. The van der Waals surface area contributed by atoms with Gasteiger partial charge in [0.05, 0.1) is 18.1 Å². The first kappa shape index (κ1) is 5.92. The molecule has 3 atom stereocenters. The van der Waals surface area contributed by atoms with Gasteiger partial charge in [0.25, 0.3) is 0 Å². The molecule has 0 aromatic rings.